The van der Waals surface area contributed by atoms with Crippen molar-refractivity contribution in [2.24, 2.45) is 0 Å². The number of rotatable bonds is 17. The average molecular weight is 435 g/mol. The summed E-state index contributed by atoms with van der Waals surface area (Å²) in [5, 5.41) is 0. The molecule has 0 spiro atoms. The van der Waals surface area contributed by atoms with E-state index in [0.717, 1.165) is 18.6 Å². The van der Waals surface area contributed by atoms with Crippen LogP contribution in [0.5, 0.6) is 5.75 Å². The number of hydrogen-bond acceptors (Lipinski definition) is 4. The maximum absolute atomic E-state index is 10.7. The van der Waals surface area contributed by atoms with Crippen LogP contribution in [0.1, 0.15) is 95.6 Å². The van der Waals surface area contributed by atoms with Crippen LogP contribution in [-0.4, -0.2) is 25.3 Å². The molecule has 1 rings (SSSR count). The van der Waals surface area contributed by atoms with E-state index in [-0.39, 0.29) is 48.3 Å². The van der Waals surface area contributed by atoms with Crippen molar-refractivity contribution < 1.29 is 47.3 Å². The van der Waals surface area contributed by atoms with E-state index in [1.54, 1.807) is 0 Å². The number of unbranched alkanes of at least 4 members (excludes halogenated alkanes) is 8. The van der Waals surface area contributed by atoms with Gasteiger partial charge in [-0.3, -0.25) is 0 Å². The molecule has 0 aliphatic carbocycles. The fraction of sp³-hybridized carbons (Fsp3) is 0.739. The summed E-state index contributed by atoms with van der Waals surface area (Å²) in [6.07, 6.45) is 15.1. The maximum atomic E-state index is 10.7. The zero-order chi connectivity index (χ0) is 20.7. The van der Waals surface area contributed by atoms with Crippen LogP contribution in [0, 0.1) is 0 Å². The van der Waals surface area contributed by atoms with Gasteiger partial charge in [0, 0.05) is 5.75 Å². The van der Waals surface area contributed by atoms with Gasteiger partial charge < -0.3 is 9.29 Å². The van der Waals surface area contributed by atoms with Crippen molar-refractivity contribution in [3.63, 3.8) is 0 Å². The van der Waals surface area contributed by atoms with Crippen molar-refractivity contribution in [2.75, 3.05) is 12.4 Å². The summed E-state index contributed by atoms with van der Waals surface area (Å²) in [4.78, 5) is 0. The van der Waals surface area contributed by atoms with Crippen molar-refractivity contribution >= 4 is 10.1 Å². The largest absolute Gasteiger partial charge is 1.00 e. The van der Waals surface area contributed by atoms with E-state index in [9.17, 15) is 13.0 Å². The van der Waals surface area contributed by atoms with Gasteiger partial charge in [0.2, 0.25) is 0 Å². The molecule has 6 heteroatoms. The second-order valence-electron chi connectivity index (χ2n) is 7.72. The Morgan fingerprint density at radius 3 is 1.90 bits per heavy atom. The molecule has 0 fully saturated rings. The molecule has 0 aliphatic rings. The molecule has 0 unspecified atom stereocenters. The molecule has 1 aromatic rings. The Labute approximate surface area is 201 Å². The fourth-order valence-electron chi connectivity index (χ4n) is 3.43. The SMILES string of the molecule is CCCCCCCc1ccc(OCCCS(=O)(=O)[O-])cc1CCCCCCC.[Na+]. The molecular formula is C23H39NaO4S. The van der Waals surface area contributed by atoms with Crippen molar-refractivity contribution in [1.82, 2.24) is 0 Å². The van der Waals surface area contributed by atoms with Gasteiger partial charge in [-0.2, -0.15) is 0 Å². The summed E-state index contributed by atoms with van der Waals surface area (Å²) >= 11 is 0. The first-order chi connectivity index (χ1) is 13.5. The molecule has 0 atom stereocenters. The van der Waals surface area contributed by atoms with Gasteiger partial charge >= 0.3 is 29.6 Å². The van der Waals surface area contributed by atoms with Crippen molar-refractivity contribution in [2.45, 2.75) is 97.3 Å². The Morgan fingerprint density at radius 1 is 0.793 bits per heavy atom. The minimum absolute atomic E-state index is 0. The first-order valence-electron chi connectivity index (χ1n) is 11.1. The summed E-state index contributed by atoms with van der Waals surface area (Å²) in [5.74, 6) is 0.411. The number of hydrogen-bond donors (Lipinski definition) is 0. The predicted octanol–water partition coefficient (Wildman–Crippen LogP) is 3.03. The van der Waals surface area contributed by atoms with E-state index in [2.05, 4.69) is 26.0 Å². The van der Waals surface area contributed by atoms with Crippen molar-refractivity contribution in [3.8, 4) is 5.75 Å². The van der Waals surface area contributed by atoms with E-state index in [1.807, 2.05) is 6.07 Å². The molecule has 0 saturated heterocycles. The molecule has 0 saturated carbocycles. The zero-order valence-corrected chi connectivity index (χ0v) is 21.7. The first-order valence-corrected chi connectivity index (χ1v) is 12.7. The van der Waals surface area contributed by atoms with Crippen LogP contribution in [0.4, 0.5) is 0 Å². The van der Waals surface area contributed by atoms with Crippen LogP contribution in [0.3, 0.4) is 0 Å². The number of ether oxygens (including phenoxy) is 1. The van der Waals surface area contributed by atoms with Crippen LogP contribution < -0.4 is 34.3 Å². The third-order valence-corrected chi connectivity index (χ3v) is 5.87. The van der Waals surface area contributed by atoms with Gasteiger partial charge in [-0.25, -0.2) is 8.42 Å². The van der Waals surface area contributed by atoms with Gasteiger partial charge in [0.15, 0.2) is 0 Å². The van der Waals surface area contributed by atoms with Crippen LogP contribution in [-0.2, 0) is 23.0 Å². The maximum Gasteiger partial charge on any atom is 1.00 e. The predicted molar refractivity (Wildman–Crippen MR) is 116 cm³/mol. The van der Waals surface area contributed by atoms with E-state index >= 15 is 0 Å². The molecule has 0 amide bonds. The summed E-state index contributed by atoms with van der Waals surface area (Å²) in [6.45, 7) is 4.73. The van der Waals surface area contributed by atoms with Gasteiger partial charge in [0.1, 0.15) is 5.75 Å². The molecule has 0 aliphatic heterocycles. The summed E-state index contributed by atoms with van der Waals surface area (Å²) < 4.78 is 37.8. The Bertz CT molecular complexity index is 632. The average Bonchev–Trinajstić information content (AvgIpc) is 2.65. The molecular weight excluding hydrogens is 395 g/mol. The van der Waals surface area contributed by atoms with Crippen LogP contribution >= 0.6 is 0 Å². The smallest absolute Gasteiger partial charge is 0.748 e. The van der Waals surface area contributed by atoms with Gasteiger partial charge in [-0.05, 0) is 55.4 Å². The van der Waals surface area contributed by atoms with Crippen LogP contribution in [0.2, 0.25) is 0 Å². The minimum atomic E-state index is -4.16. The molecule has 162 valence electrons. The van der Waals surface area contributed by atoms with Crippen molar-refractivity contribution in [3.05, 3.63) is 29.3 Å². The summed E-state index contributed by atoms with van der Waals surface area (Å²) in [6, 6.07) is 6.27. The van der Waals surface area contributed by atoms with Gasteiger partial charge in [-0.15, -0.1) is 0 Å². The summed E-state index contributed by atoms with van der Waals surface area (Å²) in [5.41, 5.74) is 2.78. The Morgan fingerprint density at radius 2 is 1.34 bits per heavy atom. The first kappa shape index (κ1) is 28.9. The molecule has 4 nitrogen and oxygen atoms in total. The van der Waals surface area contributed by atoms with Gasteiger partial charge in [0.05, 0.1) is 16.7 Å². The van der Waals surface area contributed by atoms with Crippen LogP contribution in [0.25, 0.3) is 0 Å². The zero-order valence-electron chi connectivity index (χ0n) is 18.9. The monoisotopic (exact) mass is 434 g/mol. The van der Waals surface area contributed by atoms with E-state index < -0.39 is 10.1 Å². The quantitative estimate of drug-likeness (QED) is 0.215. The molecule has 1 aromatic carbocycles. The van der Waals surface area contributed by atoms with Gasteiger partial charge in [-0.1, -0.05) is 71.3 Å². The molecule has 0 N–H and O–H groups in total. The fourth-order valence-corrected chi connectivity index (χ4v) is 3.90. The molecule has 29 heavy (non-hydrogen) atoms. The second kappa shape index (κ2) is 17.6. The standard InChI is InChI=1S/C23H40O4S.Na/c1-3-5-7-9-11-14-21-16-17-23(27-18-13-19-28(24,25)26)20-22(21)15-12-10-8-6-4-2;/h16-17,20H,3-15,18-19H2,1-2H3,(H,24,25,26);/q;+1/p-1. The van der Waals surface area contributed by atoms with Crippen molar-refractivity contribution in [1.29, 1.82) is 0 Å². The third kappa shape index (κ3) is 15.4. The topological polar surface area (TPSA) is 66.4 Å². The van der Waals surface area contributed by atoms with Gasteiger partial charge in [0.25, 0.3) is 0 Å². The van der Waals surface area contributed by atoms with E-state index in [4.69, 9.17) is 4.74 Å². The Hall–Kier alpha value is -0.0700. The number of benzene rings is 1. The normalized spacial score (nSPS) is 11.3. The van der Waals surface area contributed by atoms with E-state index in [1.165, 1.54) is 75.3 Å². The minimum Gasteiger partial charge on any atom is -0.748 e. The van der Waals surface area contributed by atoms with Crippen LogP contribution in [0.15, 0.2) is 18.2 Å². The molecule has 0 heterocycles. The molecule has 0 radical (unpaired) electrons. The third-order valence-electron chi connectivity index (χ3n) is 5.08. The van der Waals surface area contributed by atoms with E-state index in [0.29, 0.717) is 0 Å². The molecule has 0 bridgehead atoms. The number of aryl methyl sites for hydroxylation is 2. The Balaban J connectivity index is 0.00000784. The summed E-state index contributed by atoms with van der Waals surface area (Å²) in [7, 11) is -4.16. The molecule has 0 aromatic heterocycles. The second-order valence-corrected chi connectivity index (χ2v) is 9.25. The Kier molecular flexibility index (Phi) is 17.6.